The van der Waals surface area contributed by atoms with E-state index in [0.29, 0.717) is 17.9 Å². The van der Waals surface area contributed by atoms with Crippen molar-refractivity contribution in [3.8, 4) is 0 Å². The number of aryl methyl sites for hydroxylation is 1. The number of methoxy groups -OCH3 is 1. The number of rotatable bonds is 3. The van der Waals surface area contributed by atoms with Crippen molar-refractivity contribution < 1.29 is 13.9 Å². The summed E-state index contributed by atoms with van der Waals surface area (Å²) in [5, 5.41) is 3.38. The van der Waals surface area contributed by atoms with Crippen LogP contribution in [0.1, 0.15) is 21.9 Å². The van der Waals surface area contributed by atoms with E-state index in [1.165, 1.54) is 7.11 Å². The predicted octanol–water partition coefficient (Wildman–Crippen LogP) is 2.81. The third-order valence-electron chi connectivity index (χ3n) is 3.66. The van der Waals surface area contributed by atoms with E-state index in [-0.39, 0.29) is 5.97 Å². The van der Waals surface area contributed by atoms with Crippen molar-refractivity contribution in [3.63, 3.8) is 0 Å². The monoisotopic (exact) mass is 286 g/mol. The van der Waals surface area contributed by atoms with Crippen molar-refractivity contribution in [2.75, 3.05) is 30.4 Å². The third-order valence-corrected chi connectivity index (χ3v) is 3.66. The number of ether oxygens (including phenoxy) is 1. The molecule has 2 aromatic rings. The average molecular weight is 286 g/mol. The van der Waals surface area contributed by atoms with Gasteiger partial charge in [-0.05, 0) is 25.1 Å². The Morgan fingerprint density at radius 2 is 2.24 bits per heavy atom. The van der Waals surface area contributed by atoms with Crippen LogP contribution in [0, 0.1) is 6.92 Å². The molecule has 0 atom stereocenters. The molecule has 21 heavy (non-hydrogen) atoms. The number of para-hydroxylation sites is 2. The zero-order valence-corrected chi connectivity index (χ0v) is 12.2. The number of carbonyl (C=O) groups excluding carboxylic acids is 1. The van der Waals surface area contributed by atoms with Crippen LogP contribution < -0.4 is 10.2 Å². The van der Waals surface area contributed by atoms with Crippen LogP contribution in [0.25, 0.3) is 0 Å². The number of fused-ring (bicyclic) bond motifs is 1. The van der Waals surface area contributed by atoms with E-state index >= 15 is 0 Å². The number of hydrogen-bond donors (Lipinski definition) is 1. The van der Waals surface area contributed by atoms with E-state index in [4.69, 9.17) is 9.15 Å². The summed E-state index contributed by atoms with van der Waals surface area (Å²) in [6.45, 7) is 4.20. The van der Waals surface area contributed by atoms with Crippen LogP contribution in [0.2, 0.25) is 0 Å². The molecule has 0 bridgehead atoms. The molecule has 1 N–H and O–H groups in total. The average Bonchev–Trinajstić information content (AvgIpc) is 2.87. The summed E-state index contributed by atoms with van der Waals surface area (Å²) in [4.78, 5) is 13.9. The quantitative estimate of drug-likeness (QED) is 0.879. The number of nitrogens with one attached hydrogen (secondary N) is 1. The van der Waals surface area contributed by atoms with Crippen LogP contribution in [0.5, 0.6) is 0 Å². The van der Waals surface area contributed by atoms with Gasteiger partial charge in [-0.3, -0.25) is 0 Å². The number of anilines is 2. The molecule has 110 valence electrons. The van der Waals surface area contributed by atoms with Gasteiger partial charge in [0.05, 0.1) is 25.0 Å². The molecule has 3 rings (SSSR count). The second-order valence-electron chi connectivity index (χ2n) is 5.04. The summed E-state index contributed by atoms with van der Waals surface area (Å²) < 4.78 is 10.4. The Labute approximate surface area is 123 Å². The highest BCUT2D eigenvalue weighted by molar-refractivity contribution is 5.90. The summed E-state index contributed by atoms with van der Waals surface area (Å²) in [5.74, 6) is 1.01. The van der Waals surface area contributed by atoms with Crippen LogP contribution >= 0.6 is 0 Å². The minimum Gasteiger partial charge on any atom is -0.465 e. The van der Waals surface area contributed by atoms with Gasteiger partial charge in [0, 0.05) is 13.1 Å². The van der Waals surface area contributed by atoms with Gasteiger partial charge in [-0.15, -0.1) is 0 Å². The van der Waals surface area contributed by atoms with Crippen molar-refractivity contribution in [2.24, 2.45) is 0 Å². The standard InChI is InChI=1S/C16H18N2O3/c1-11-13(16(19)20-2)9-12(21-11)10-18-8-7-17-14-5-3-4-6-15(14)18/h3-6,9,17H,7-8,10H2,1-2H3. The molecule has 0 amide bonds. The lowest BCUT2D eigenvalue weighted by Crippen LogP contribution is -2.33. The van der Waals surface area contributed by atoms with Crippen molar-refractivity contribution in [2.45, 2.75) is 13.5 Å². The fourth-order valence-electron chi connectivity index (χ4n) is 2.63. The Kier molecular flexibility index (Phi) is 3.56. The molecular weight excluding hydrogens is 268 g/mol. The second kappa shape index (κ2) is 5.52. The molecular formula is C16H18N2O3. The van der Waals surface area contributed by atoms with E-state index in [1.807, 2.05) is 12.1 Å². The van der Waals surface area contributed by atoms with Crippen LogP contribution in [0.15, 0.2) is 34.7 Å². The first kappa shape index (κ1) is 13.5. The molecule has 1 aliphatic heterocycles. The second-order valence-corrected chi connectivity index (χ2v) is 5.04. The molecule has 2 heterocycles. The van der Waals surface area contributed by atoms with E-state index in [1.54, 1.807) is 13.0 Å². The van der Waals surface area contributed by atoms with E-state index < -0.39 is 0 Å². The van der Waals surface area contributed by atoms with Crippen LogP contribution in [-0.2, 0) is 11.3 Å². The van der Waals surface area contributed by atoms with Gasteiger partial charge in [-0.1, -0.05) is 12.1 Å². The normalized spacial score (nSPS) is 13.5. The Morgan fingerprint density at radius 3 is 3.05 bits per heavy atom. The first-order chi connectivity index (χ1) is 10.2. The minimum absolute atomic E-state index is 0.358. The van der Waals surface area contributed by atoms with Gasteiger partial charge in [0.1, 0.15) is 17.1 Å². The SMILES string of the molecule is COC(=O)c1cc(CN2CCNc3ccccc32)oc1C. The van der Waals surface area contributed by atoms with Gasteiger partial charge >= 0.3 is 5.97 Å². The lowest BCUT2D eigenvalue weighted by molar-refractivity contribution is 0.0599. The molecule has 1 aromatic heterocycles. The summed E-state index contributed by atoms with van der Waals surface area (Å²) in [6.07, 6.45) is 0. The fraction of sp³-hybridized carbons (Fsp3) is 0.312. The lowest BCUT2D eigenvalue weighted by atomic mass is 10.2. The number of hydrogen-bond acceptors (Lipinski definition) is 5. The van der Waals surface area contributed by atoms with Gasteiger partial charge in [-0.25, -0.2) is 4.79 Å². The molecule has 0 unspecified atom stereocenters. The number of benzene rings is 1. The van der Waals surface area contributed by atoms with Gasteiger partial charge in [0.15, 0.2) is 0 Å². The van der Waals surface area contributed by atoms with Crippen molar-refractivity contribution >= 4 is 17.3 Å². The molecule has 0 aliphatic carbocycles. The largest absolute Gasteiger partial charge is 0.465 e. The molecule has 1 aliphatic rings. The van der Waals surface area contributed by atoms with Gasteiger partial charge in [-0.2, -0.15) is 0 Å². The first-order valence-electron chi connectivity index (χ1n) is 6.94. The summed E-state index contributed by atoms with van der Waals surface area (Å²) in [6, 6.07) is 9.95. The van der Waals surface area contributed by atoms with Crippen LogP contribution in [-0.4, -0.2) is 26.2 Å². The zero-order valence-electron chi connectivity index (χ0n) is 12.2. The topological polar surface area (TPSA) is 54.7 Å². The van der Waals surface area contributed by atoms with Crippen LogP contribution in [0.4, 0.5) is 11.4 Å². The molecule has 0 radical (unpaired) electrons. The summed E-state index contributed by atoms with van der Waals surface area (Å²) in [7, 11) is 1.38. The molecule has 5 heteroatoms. The summed E-state index contributed by atoms with van der Waals surface area (Å²) in [5.41, 5.74) is 2.77. The van der Waals surface area contributed by atoms with Crippen LogP contribution in [0.3, 0.4) is 0 Å². The van der Waals surface area contributed by atoms with E-state index in [0.717, 1.165) is 30.2 Å². The first-order valence-corrected chi connectivity index (χ1v) is 6.94. The van der Waals surface area contributed by atoms with E-state index in [2.05, 4.69) is 22.3 Å². The highest BCUT2D eigenvalue weighted by Crippen LogP contribution is 2.30. The molecule has 5 nitrogen and oxygen atoms in total. The molecule has 1 aromatic carbocycles. The number of carbonyl (C=O) groups is 1. The Bertz CT molecular complexity index is 663. The fourth-order valence-corrected chi connectivity index (χ4v) is 2.63. The highest BCUT2D eigenvalue weighted by atomic mass is 16.5. The van der Waals surface area contributed by atoms with Gasteiger partial charge in [0.25, 0.3) is 0 Å². The minimum atomic E-state index is -0.358. The van der Waals surface area contributed by atoms with Crippen molar-refractivity contribution in [1.82, 2.24) is 0 Å². The molecule has 0 spiro atoms. The maximum Gasteiger partial charge on any atom is 0.341 e. The number of esters is 1. The predicted molar refractivity (Wildman–Crippen MR) is 80.8 cm³/mol. The molecule has 0 fully saturated rings. The van der Waals surface area contributed by atoms with Crippen molar-refractivity contribution in [3.05, 3.63) is 47.4 Å². The van der Waals surface area contributed by atoms with Gasteiger partial charge in [0.2, 0.25) is 0 Å². The Morgan fingerprint density at radius 1 is 1.43 bits per heavy atom. The molecule has 0 saturated carbocycles. The number of furan rings is 1. The van der Waals surface area contributed by atoms with Gasteiger partial charge < -0.3 is 19.4 Å². The highest BCUT2D eigenvalue weighted by Gasteiger charge is 2.20. The lowest BCUT2D eigenvalue weighted by Gasteiger charge is -2.31. The maximum atomic E-state index is 11.6. The van der Waals surface area contributed by atoms with E-state index in [9.17, 15) is 4.79 Å². The Hall–Kier alpha value is -2.43. The van der Waals surface area contributed by atoms with Crippen molar-refractivity contribution in [1.29, 1.82) is 0 Å². The Balaban J connectivity index is 1.84. The molecule has 0 saturated heterocycles. The third kappa shape index (κ3) is 2.59. The number of nitrogens with zero attached hydrogens (tertiary/aromatic N) is 1. The zero-order chi connectivity index (χ0) is 14.8. The maximum absolute atomic E-state index is 11.6. The smallest absolute Gasteiger partial charge is 0.341 e. The summed E-state index contributed by atoms with van der Waals surface area (Å²) >= 11 is 0.